The summed E-state index contributed by atoms with van der Waals surface area (Å²) in [7, 11) is 1.60. The van der Waals surface area contributed by atoms with Crippen LogP contribution in [0, 0.1) is 5.92 Å². The van der Waals surface area contributed by atoms with Crippen LogP contribution in [0.3, 0.4) is 0 Å². The fourth-order valence-corrected chi connectivity index (χ4v) is 5.38. The van der Waals surface area contributed by atoms with Gasteiger partial charge in [0.2, 0.25) is 11.8 Å². The van der Waals surface area contributed by atoms with Gasteiger partial charge in [-0.15, -0.1) is 0 Å². The van der Waals surface area contributed by atoms with Crippen LogP contribution in [0.25, 0.3) is 0 Å². The van der Waals surface area contributed by atoms with E-state index in [0.29, 0.717) is 39.0 Å². The summed E-state index contributed by atoms with van der Waals surface area (Å²) in [5.74, 6) is -2.31. The van der Waals surface area contributed by atoms with Gasteiger partial charge in [0.1, 0.15) is 12.1 Å². The summed E-state index contributed by atoms with van der Waals surface area (Å²) in [6.45, 7) is 5.39. The molecule has 2 saturated heterocycles. The average molecular weight is 490 g/mol. The Kier molecular flexibility index (Phi) is 7.28. The van der Waals surface area contributed by atoms with Gasteiger partial charge in [0.05, 0.1) is 19.2 Å². The number of urea groups is 1. The summed E-state index contributed by atoms with van der Waals surface area (Å²) in [4.78, 5) is 31.7. The first-order chi connectivity index (χ1) is 16.8. The molecule has 0 radical (unpaired) electrons. The number of halogens is 2. The molecule has 2 heterocycles. The standard InChI is InChI=1S/C25H33F2N5O3/c1-3-28-29-18-31-17-24(32(23(31)34)16-19-5-4-6-21(15-19)35-2)11-13-30(14-12-24)22(33)20-7-9-25(26,27)10-8-20/h3-6,15,18,20,28H,1,7-14,16-17H2,2H3/b29-18-. The van der Waals surface area contributed by atoms with E-state index >= 15 is 0 Å². The van der Waals surface area contributed by atoms with Gasteiger partial charge in [0.25, 0.3) is 0 Å². The second-order valence-corrected chi connectivity index (χ2v) is 9.61. The Balaban J connectivity index is 1.48. The van der Waals surface area contributed by atoms with Gasteiger partial charge in [0.15, 0.2) is 0 Å². The van der Waals surface area contributed by atoms with Crippen molar-refractivity contribution in [3.63, 3.8) is 0 Å². The Morgan fingerprint density at radius 3 is 2.63 bits per heavy atom. The van der Waals surface area contributed by atoms with E-state index in [4.69, 9.17) is 4.74 Å². The van der Waals surface area contributed by atoms with Gasteiger partial charge in [-0.25, -0.2) is 13.6 Å². The maximum absolute atomic E-state index is 13.5. The zero-order valence-corrected chi connectivity index (χ0v) is 20.1. The quantitative estimate of drug-likeness (QED) is 0.359. The topological polar surface area (TPSA) is 77.5 Å². The first-order valence-corrected chi connectivity index (χ1v) is 12.0. The highest BCUT2D eigenvalue weighted by Gasteiger charge is 2.51. The molecule has 0 aromatic heterocycles. The first-order valence-electron chi connectivity index (χ1n) is 12.0. The lowest BCUT2D eigenvalue weighted by atomic mass is 9.83. The van der Waals surface area contributed by atoms with E-state index in [-0.39, 0.29) is 43.5 Å². The van der Waals surface area contributed by atoms with E-state index in [1.807, 2.05) is 29.2 Å². The van der Waals surface area contributed by atoms with Crippen LogP contribution in [-0.2, 0) is 11.3 Å². The third-order valence-corrected chi connectivity index (χ3v) is 7.42. The molecule has 1 spiro atoms. The molecule has 2 aliphatic heterocycles. The number of alkyl halides is 2. The van der Waals surface area contributed by atoms with Crippen LogP contribution >= 0.6 is 0 Å². The minimum atomic E-state index is -2.65. The smallest absolute Gasteiger partial charge is 0.326 e. The minimum absolute atomic E-state index is 0.0346. The van der Waals surface area contributed by atoms with Crippen molar-refractivity contribution in [2.75, 3.05) is 26.7 Å². The second-order valence-electron chi connectivity index (χ2n) is 9.61. The van der Waals surface area contributed by atoms with E-state index in [9.17, 15) is 18.4 Å². The zero-order valence-electron chi connectivity index (χ0n) is 20.1. The van der Waals surface area contributed by atoms with E-state index in [2.05, 4.69) is 17.1 Å². The van der Waals surface area contributed by atoms with Gasteiger partial charge in [-0.05, 0) is 43.4 Å². The SMILES string of the molecule is C=CN/N=C\N1CC2(CCN(C(=O)C3CCC(F)(F)CC3)CC2)N(Cc2cccc(OC)c2)C1=O. The molecule has 1 N–H and O–H groups in total. The molecule has 0 unspecified atom stereocenters. The van der Waals surface area contributed by atoms with E-state index in [1.54, 1.807) is 16.9 Å². The highest BCUT2D eigenvalue weighted by Crippen LogP contribution is 2.40. The summed E-state index contributed by atoms with van der Waals surface area (Å²) in [6.07, 6.45) is 4.12. The Morgan fingerprint density at radius 1 is 1.26 bits per heavy atom. The Bertz CT molecular complexity index is 968. The summed E-state index contributed by atoms with van der Waals surface area (Å²) in [5, 5.41) is 4.02. The number of piperidine rings is 1. The summed E-state index contributed by atoms with van der Waals surface area (Å²) < 4.78 is 32.4. The van der Waals surface area contributed by atoms with Crippen molar-refractivity contribution < 1.29 is 23.1 Å². The highest BCUT2D eigenvalue weighted by atomic mass is 19.3. The van der Waals surface area contributed by atoms with Crippen molar-refractivity contribution in [1.29, 1.82) is 0 Å². The molecule has 3 aliphatic rings. The molecule has 1 aromatic rings. The number of carbonyl (C=O) groups excluding carboxylic acids is 2. The van der Waals surface area contributed by atoms with Gasteiger partial charge in [-0.3, -0.25) is 15.1 Å². The van der Waals surface area contributed by atoms with Gasteiger partial charge in [-0.2, -0.15) is 5.10 Å². The average Bonchev–Trinajstić information content (AvgIpc) is 3.10. The number of hydrazone groups is 1. The maximum Gasteiger partial charge on any atom is 0.326 e. The number of rotatable bonds is 7. The van der Waals surface area contributed by atoms with E-state index in [1.165, 1.54) is 12.5 Å². The molecule has 190 valence electrons. The number of benzene rings is 1. The van der Waals surface area contributed by atoms with E-state index in [0.717, 1.165) is 11.3 Å². The van der Waals surface area contributed by atoms with Crippen molar-refractivity contribution in [3.8, 4) is 5.75 Å². The molecule has 8 nitrogen and oxygen atoms in total. The Morgan fingerprint density at radius 2 is 1.97 bits per heavy atom. The van der Waals surface area contributed by atoms with Gasteiger partial charge < -0.3 is 14.5 Å². The largest absolute Gasteiger partial charge is 0.497 e. The molecule has 1 aliphatic carbocycles. The van der Waals surface area contributed by atoms with Crippen molar-refractivity contribution in [2.24, 2.45) is 11.0 Å². The van der Waals surface area contributed by atoms with Crippen molar-refractivity contribution in [3.05, 3.63) is 42.6 Å². The predicted molar refractivity (Wildman–Crippen MR) is 128 cm³/mol. The minimum Gasteiger partial charge on any atom is -0.497 e. The van der Waals surface area contributed by atoms with Crippen LogP contribution in [0.15, 0.2) is 42.1 Å². The number of amides is 3. The summed E-state index contributed by atoms with van der Waals surface area (Å²) >= 11 is 0. The maximum atomic E-state index is 13.5. The predicted octanol–water partition coefficient (Wildman–Crippen LogP) is 3.80. The van der Waals surface area contributed by atoms with Crippen LogP contribution in [0.2, 0.25) is 0 Å². The van der Waals surface area contributed by atoms with Crippen LogP contribution < -0.4 is 10.2 Å². The molecule has 4 rings (SSSR count). The lowest BCUT2D eigenvalue weighted by molar-refractivity contribution is -0.141. The zero-order chi connectivity index (χ0) is 25.1. The van der Waals surface area contributed by atoms with Gasteiger partial charge in [0, 0.05) is 44.6 Å². The number of nitrogens with zero attached hydrogens (tertiary/aromatic N) is 4. The summed E-state index contributed by atoms with van der Waals surface area (Å²) in [5.41, 5.74) is 3.11. The fourth-order valence-electron chi connectivity index (χ4n) is 5.38. The molecular formula is C25H33F2N5O3. The number of hydrogen-bond donors (Lipinski definition) is 1. The number of likely N-dealkylation sites (tertiary alicyclic amines) is 1. The van der Waals surface area contributed by atoms with Crippen molar-refractivity contribution in [2.45, 2.75) is 56.5 Å². The number of methoxy groups -OCH3 is 1. The summed E-state index contributed by atoms with van der Waals surface area (Å²) in [6, 6.07) is 7.46. The lowest BCUT2D eigenvalue weighted by Gasteiger charge is -2.44. The van der Waals surface area contributed by atoms with Crippen LogP contribution in [-0.4, -0.2) is 71.2 Å². The van der Waals surface area contributed by atoms with E-state index < -0.39 is 11.5 Å². The van der Waals surface area contributed by atoms with Crippen LogP contribution in [0.4, 0.5) is 13.6 Å². The number of carbonyl (C=O) groups is 2. The molecule has 1 saturated carbocycles. The molecule has 3 amide bonds. The second kappa shape index (κ2) is 10.2. The molecule has 0 atom stereocenters. The molecule has 35 heavy (non-hydrogen) atoms. The molecule has 1 aromatic carbocycles. The normalized spacial score (nSPS) is 22.1. The van der Waals surface area contributed by atoms with Gasteiger partial charge in [-0.1, -0.05) is 18.7 Å². The van der Waals surface area contributed by atoms with Gasteiger partial charge >= 0.3 is 6.03 Å². The number of hydrogen-bond acceptors (Lipinski definition) is 5. The molecule has 10 heteroatoms. The fraction of sp³-hybridized carbons (Fsp3) is 0.560. The first kappa shape index (κ1) is 24.9. The third kappa shape index (κ3) is 5.41. The molecule has 3 fully saturated rings. The Hall–Kier alpha value is -3.17. The highest BCUT2D eigenvalue weighted by molar-refractivity contribution is 5.89. The van der Waals surface area contributed by atoms with Crippen molar-refractivity contribution >= 4 is 18.3 Å². The molecule has 0 bridgehead atoms. The molecular weight excluding hydrogens is 456 g/mol. The Labute approximate surface area is 204 Å². The number of nitrogens with one attached hydrogen (secondary N) is 1. The van der Waals surface area contributed by atoms with Crippen molar-refractivity contribution in [1.82, 2.24) is 20.1 Å². The monoisotopic (exact) mass is 489 g/mol. The number of ether oxygens (including phenoxy) is 1. The van der Waals surface area contributed by atoms with Crippen LogP contribution in [0.1, 0.15) is 44.1 Å². The third-order valence-electron chi connectivity index (χ3n) is 7.42. The van der Waals surface area contributed by atoms with Crippen LogP contribution in [0.5, 0.6) is 5.75 Å². The lowest BCUT2D eigenvalue weighted by Crippen LogP contribution is -2.56.